The van der Waals surface area contributed by atoms with Gasteiger partial charge >= 0.3 is 0 Å². The summed E-state index contributed by atoms with van der Waals surface area (Å²) in [7, 11) is 0. The van der Waals surface area contributed by atoms with Crippen LogP contribution in [0.4, 0.5) is 0 Å². The van der Waals surface area contributed by atoms with Crippen molar-refractivity contribution in [3.8, 4) is 0 Å². The zero-order valence-corrected chi connectivity index (χ0v) is 13.8. The van der Waals surface area contributed by atoms with Gasteiger partial charge in [0.05, 0.1) is 0 Å². The molecular formula is C16H24Cl2N2. The number of nitrogens with zero attached hydrogens (tertiary/aromatic N) is 1. The van der Waals surface area contributed by atoms with Crippen LogP contribution in [-0.2, 0) is 6.54 Å². The van der Waals surface area contributed by atoms with Crippen LogP contribution in [0.25, 0.3) is 0 Å². The van der Waals surface area contributed by atoms with Gasteiger partial charge in [-0.1, -0.05) is 49.5 Å². The Morgan fingerprint density at radius 2 is 2.10 bits per heavy atom. The Labute approximate surface area is 132 Å². The molecule has 0 amide bonds. The van der Waals surface area contributed by atoms with Gasteiger partial charge in [-0.05, 0) is 30.5 Å². The van der Waals surface area contributed by atoms with Crippen LogP contribution in [0.2, 0.25) is 10.0 Å². The molecule has 1 aromatic rings. The van der Waals surface area contributed by atoms with E-state index in [0.717, 1.165) is 31.1 Å². The molecule has 0 aromatic heterocycles. The minimum atomic E-state index is 0.592. The van der Waals surface area contributed by atoms with Gasteiger partial charge in [-0.2, -0.15) is 0 Å². The highest BCUT2D eigenvalue weighted by atomic mass is 35.5. The lowest BCUT2D eigenvalue weighted by molar-refractivity contribution is 0.115. The third-order valence-electron chi connectivity index (χ3n) is 4.11. The van der Waals surface area contributed by atoms with Gasteiger partial charge in [0.1, 0.15) is 0 Å². The molecule has 2 nitrogen and oxygen atoms in total. The monoisotopic (exact) mass is 314 g/mol. The topological polar surface area (TPSA) is 15.3 Å². The zero-order chi connectivity index (χ0) is 14.5. The predicted octanol–water partition coefficient (Wildman–Crippen LogP) is 4.35. The molecule has 2 unspecified atom stereocenters. The van der Waals surface area contributed by atoms with Crippen LogP contribution in [0.3, 0.4) is 0 Å². The summed E-state index contributed by atoms with van der Waals surface area (Å²) < 4.78 is 0. The summed E-state index contributed by atoms with van der Waals surface area (Å²) in [6.07, 6.45) is 3.63. The Balaban J connectivity index is 2.07. The van der Waals surface area contributed by atoms with E-state index in [1.165, 1.54) is 18.4 Å². The highest BCUT2D eigenvalue weighted by Crippen LogP contribution is 2.24. The molecule has 0 radical (unpaired) electrons. The standard InChI is InChI=1S/C16H24Cl2N2/c1-3-5-14-11-20(15(4-2)9-19-14)10-12-6-7-13(17)8-16(12)18/h6-8,14-15,19H,3-5,9-11H2,1-2H3. The maximum Gasteiger partial charge on any atom is 0.0465 e. The Bertz CT molecular complexity index is 436. The van der Waals surface area contributed by atoms with Crippen molar-refractivity contribution in [2.24, 2.45) is 0 Å². The summed E-state index contributed by atoms with van der Waals surface area (Å²) in [6.45, 7) is 7.59. The second-order valence-corrected chi connectivity index (χ2v) is 6.46. The molecule has 2 rings (SSSR count). The van der Waals surface area contributed by atoms with E-state index in [4.69, 9.17) is 23.2 Å². The van der Waals surface area contributed by atoms with E-state index in [1.807, 2.05) is 18.2 Å². The quantitative estimate of drug-likeness (QED) is 0.869. The van der Waals surface area contributed by atoms with Gasteiger partial charge in [-0.15, -0.1) is 0 Å². The first-order chi connectivity index (χ1) is 9.63. The molecule has 1 saturated heterocycles. The van der Waals surface area contributed by atoms with Crippen LogP contribution >= 0.6 is 23.2 Å². The van der Waals surface area contributed by atoms with Crippen molar-refractivity contribution in [3.63, 3.8) is 0 Å². The van der Waals surface area contributed by atoms with E-state index in [-0.39, 0.29) is 0 Å². The number of piperazine rings is 1. The molecule has 20 heavy (non-hydrogen) atoms. The molecule has 1 aliphatic rings. The molecule has 1 aromatic carbocycles. The normalized spacial score (nSPS) is 24.0. The number of hydrogen-bond donors (Lipinski definition) is 1. The average molecular weight is 315 g/mol. The summed E-state index contributed by atoms with van der Waals surface area (Å²) in [5.74, 6) is 0. The average Bonchev–Trinajstić information content (AvgIpc) is 2.43. The minimum Gasteiger partial charge on any atom is -0.311 e. The van der Waals surface area contributed by atoms with Crippen molar-refractivity contribution in [1.29, 1.82) is 0 Å². The van der Waals surface area contributed by atoms with Crippen LogP contribution in [-0.4, -0.2) is 30.1 Å². The van der Waals surface area contributed by atoms with E-state index >= 15 is 0 Å². The molecule has 1 N–H and O–H groups in total. The third kappa shape index (κ3) is 4.11. The van der Waals surface area contributed by atoms with Gasteiger partial charge in [0.25, 0.3) is 0 Å². The summed E-state index contributed by atoms with van der Waals surface area (Å²) in [5, 5.41) is 5.14. The fourth-order valence-corrected chi connectivity index (χ4v) is 3.40. The van der Waals surface area contributed by atoms with Crippen molar-refractivity contribution < 1.29 is 0 Å². The number of nitrogens with one attached hydrogen (secondary N) is 1. The minimum absolute atomic E-state index is 0.592. The van der Waals surface area contributed by atoms with E-state index in [1.54, 1.807) is 0 Å². The van der Waals surface area contributed by atoms with Gasteiger partial charge < -0.3 is 5.32 Å². The van der Waals surface area contributed by atoms with Gasteiger partial charge in [0.2, 0.25) is 0 Å². The molecule has 0 saturated carbocycles. The Morgan fingerprint density at radius 3 is 2.75 bits per heavy atom. The third-order valence-corrected chi connectivity index (χ3v) is 4.70. The molecule has 0 bridgehead atoms. The first-order valence-electron chi connectivity index (χ1n) is 7.55. The molecule has 4 heteroatoms. The lowest BCUT2D eigenvalue weighted by Crippen LogP contribution is -2.55. The lowest BCUT2D eigenvalue weighted by Gasteiger charge is -2.40. The van der Waals surface area contributed by atoms with Gasteiger partial charge in [-0.3, -0.25) is 4.90 Å². The second kappa shape index (κ2) is 7.65. The summed E-state index contributed by atoms with van der Waals surface area (Å²) in [5.41, 5.74) is 1.17. The first-order valence-corrected chi connectivity index (χ1v) is 8.31. The van der Waals surface area contributed by atoms with E-state index < -0.39 is 0 Å². The van der Waals surface area contributed by atoms with Crippen LogP contribution in [0, 0.1) is 0 Å². The van der Waals surface area contributed by atoms with Crippen LogP contribution in [0.1, 0.15) is 38.7 Å². The number of benzene rings is 1. The fraction of sp³-hybridized carbons (Fsp3) is 0.625. The number of halogens is 2. The summed E-state index contributed by atoms with van der Waals surface area (Å²) >= 11 is 12.3. The van der Waals surface area contributed by atoms with Crippen LogP contribution in [0.15, 0.2) is 18.2 Å². The van der Waals surface area contributed by atoms with Crippen LogP contribution < -0.4 is 5.32 Å². The summed E-state index contributed by atoms with van der Waals surface area (Å²) in [4.78, 5) is 2.56. The Morgan fingerprint density at radius 1 is 1.30 bits per heavy atom. The molecule has 0 spiro atoms. The lowest BCUT2D eigenvalue weighted by atomic mass is 10.0. The Hall–Kier alpha value is -0.280. The molecule has 1 fully saturated rings. The van der Waals surface area contributed by atoms with Crippen molar-refractivity contribution in [1.82, 2.24) is 10.2 Å². The van der Waals surface area contributed by atoms with Crippen LogP contribution in [0.5, 0.6) is 0 Å². The van der Waals surface area contributed by atoms with E-state index in [2.05, 4.69) is 24.1 Å². The van der Waals surface area contributed by atoms with Crippen molar-refractivity contribution in [3.05, 3.63) is 33.8 Å². The molecule has 1 heterocycles. The van der Waals surface area contributed by atoms with E-state index in [0.29, 0.717) is 17.1 Å². The molecule has 112 valence electrons. The summed E-state index contributed by atoms with van der Waals surface area (Å²) in [6, 6.07) is 7.01. The molecular weight excluding hydrogens is 291 g/mol. The van der Waals surface area contributed by atoms with Gasteiger partial charge in [0, 0.05) is 41.8 Å². The first kappa shape index (κ1) is 16.1. The number of rotatable bonds is 5. The molecule has 0 aliphatic carbocycles. The zero-order valence-electron chi connectivity index (χ0n) is 12.3. The van der Waals surface area contributed by atoms with Gasteiger partial charge in [0.15, 0.2) is 0 Å². The SMILES string of the molecule is CCCC1CN(Cc2ccc(Cl)cc2Cl)C(CC)CN1. The Kier molecular flexibility index (Phi) is 6.16. The maximum atomic E-state index is 6.31. The predicted molar refractivity (Wildman–Crippen MR) is 87.6 cm³/mol. The van der Waals surface area contributed by atoms with Gasteiger partial charge in [-0.25, -0.2) is 0 Å². The van der Waals surface area contributed by atoms with Crippen molar-refractivity contribution >= 4 is 23.2 Å². The fourth-order valence-electron chi connectivity index (χ4n) is 2.94. The van der Waals surface area contributed by atoms with Crippen molar-refractivity contribution in [2.45, 2.75) is 51.7 Å². The molecule has 2 atom stereocenters. The highest BCUT2D eigenvalue weighted by molar-refractivity contribution is 6.35. The van der Waals surface area contributed by atoms with Crippen molar-refractivity contribution in [2.75, 3.05) is 13.1 Å². The number of hydrogen-bond acceptors (Lipinski definition) is 2. The smallest absolute Gasteiger partial charge is 0.0465 e. The highest BCUT2D eigenvalue weighted by Gasteiger charge is 2.26. The van der Waals surface area contributed by atoms with E-state index in [9.17, 15) is 0 Å². The maximum absolute atomic E-state index is 6.31. The largest absolute Gasteiger partial charge is 0.311 e. The molecule has 1 aliphatic heterocycles. The second-order valence-electron chi connectivity index (χ2n) is 5.62.